The first-order valence-corrected chi connectivity index (χ1v) is 12.9. The molecule has 1 saturated heterocycles. The van der Waals surface area contributed by atoms with Crippen LogP contribution in [0, 0.1) is 5.82 Å². The molecule has 8 heteroatoms. The number of ether oxygens (including phenoxy) is 3. The fourth-order valence-electron chi connectivity index (χ4n) is 4.53. The van der Waals surface area contributed by atoms with E-state index in [4.69, 9.17) is 19.3 Å². The second-order valence-corrected chi connectivity index (χ2v) is 9.20. The fourth-order valence-corrected chi connectivity index (χ4v) is 4.53. The molecule has 0 unspecified atom stereocenters. The molecule has 198 valence electrons. The Morgan fingerprint density at radius 1 is 1.24 bits per heavy atom. The standard InChI is InChI=1S/C29H36FN3O4/c1-3-16-35-21-24(34)18-32(19-26-11-8-17-36-26)20-27-28(4-2)31-33(23-9-6-5-7-10-23)29(27)37-25-14-12-22(30)13-15-25/h3,5-7,9-10,12-15,24,26,34H,1,4,8,11,16-21H2,2H3/t24-,26+/m1/s1. The molecule has 1 aliphatic heterocycles. The molecule has 2 atom stereocenters. The van der Waals surface area contributed by atoms with Gasteiger partial charge in [-0.1, -0.05) is 31.2 Å². The van der Waals surface area contributed by atoms with Crippen LogP contribution >= 0.6 is 0 Å². The predicted octanol–water partition coefficient (Wildman–Crippen LogP) is 4.91. The Labute approximate surface area is 218 Å². The quantitative estimate of drug-likeness (QED) is 0.246. The summed E-state index contributed by atoms with van der Waals surface area (Å²) in [5.41, 5.74) is 2.69. The molecule has 0 bridgehead atoms. The molecule has 4 rings (SSSR count). The number of aryl methyl sites for hydroxylation is 1. The van der Waals surface area contributed by atoms with Crippen LogP contribution in [0.1, 0.15) is 31.0 Å². The van der Waals surface area contributed by atoms with E-state index in [0.29, 0.717) is 44.3 Å². The van der Waals surface area contributed by atoms with E-state index in [-0.39, 0.29) is 18.5 Å². The number of aliphatic hydroxyl groups excluding tert-OH is 1. The van der Waals surface area contributed by atoms with Gasteiger partial charge in [0.25, 0.3) is 0 Å². The van der Waals surface area contributed by atoms with Crippen molar-refractivity contribution in [2.24, 2.45) is 0 Å². The van der Waals surface area contributed by atoms with Gasteiger partial charge < -0.3 is 19.3 Å². The van der Waals surface area contributed by atoms with Gasteiger partial charge in [0.05, 0.1) is 42.4 Å². The fraction of sp³-hybridized carbons (Fsp3) is 0.414. The van der Waals surface area contributed by atoms with Gasteiger partial charge in [-0.2, -0.15) is 5.10 Å². The number of aromatic nitrogens is 2. The summed E-state index contributed by atoms with van der Waals surface area (Å²) in [4.78, 5) is 2.18. The summed E-state index contributed by atoms with van der Waals surface area (Å²) in [6, 6.07) is 15.8. The largest absolute Gasteiger partial charge is 0.439 e. The number of aliphatic hydroxyl groups is 1. The zero-order valence-electron chi connectivity index (χ0n) is 21.4. The molecule has 1 aromatic heterocycles. The number of nitrogens with zero attached hydrogens (tertiary/aromatic N) is 3. The number of halogens is 1. The van der Waals surface area contributed by atoms with Crippen LogP contribution in [0.15, 0.2) is 67.3 Å². The van der Waals surface area contributed by atoms with E-state index in [2.05, 4.69) is 18.4 Å². The average Bonchev–Trinajstić information content (AvgIpc) is 3.54. The number of hydrogen-bond donors (Lipinski definition) is 1. The minimum atomic E-state index is -0.669. The highest BCUT2D eigenvalue weighted by atomic mass is 19.1. The number of rotatable bonds is 14. The topological polar surface area (TPSA) is 69.0 Å². The van der Waals surface area contributed by atoms with Gasteiger partial charge >= 0.3 is 0 Å². The molecule has 0 spiro atoms. The predicted molar refractivity (Wildman–Crippen MR) is 141 cm³/mol. The van der Waals surface area contributed by atoms with Gasteiger partial charge in [0.1, 0.15) is 11.6 Å². The first-order chi connectivity index (χ1) is 18.1. The van der Waals surface area contributed by atoms with Gasteiger partial charge in [0.15, 0.2) is 0 Å². The van der Waals surface area contributed by atoms with Gasteiger partial charge in [0, 0.05) is 26.2 Å². The van der Waals surface area contributed by atoms with Crippen molar-refractivity contribution in [3.63, 3.8) is 0 Å². The lowest BCUT2D eigenvalue weighted by molar-refractivity contribution is 0.00835. The van der Waals surface area contributed by atoms with Gasteiger partial charge in [-0.3, -0.25) is 4.90 Å². The van der Waals surface area contributed by atoms with E-state index in [0.717, 1.165) is 36.4 Å². The number of benzene rings is 2. The van der Waals surface area contributed by atoms with Crippen molar-refractivity contribution in [1.82, 2.24) is 14.7 Å². The Bertz CT molecular complexity index is 1110. The van der Waals surface area contributed by atoms with Crippen LogP contribution in [0.3, 0.4) is 0 Å². The van der Waals surface area contributed by atoms with E-state index < -0.39 is 6.10 Å². The lowest BCUT2D eigenvalue weighted by Crippen LogP contribution is -2.39. The van der Waals surface area contributed by atoms with Crippen molar-refractivity contribution in [2.75, 3.05) is 32.9 Å². The molecule has 2 aromatic carbocycles. The van der Waals surface area contributed by atoms with Crippen LogP contribution in [0.4, 0.5) is 4.39 Å². The lowest BCUT2D eigenvalue weighted by atomic mass is 10.1. The van der Waals surface area contributed by atoms with Crippen LogP contribution in [-0.4, -0.2) is 64.9 Å². The maximum Gasteiger partial charge on any atom is 0.227 e. The minimum absolute atomic E-state index is 0.108. The van der Waals surface area contributed by atoms with Crippen molar-refractivity contribution in [1.29, 1.82) is 0 Å². The van der Waals surface area contributed by atoms with Crippen molar-refractivity contribution in [3.8, 4) is 17.3 Å². The molecule has 2 heterocycles. The molecule has 7 nitrogen and oxygen atoms in total. The summed E-state index contributed by atoms with van der Waals surface area (Å²) >= 11 is 0. The highest BCUT2D eigenvalue weighted by Gasteiger charge is 2.26. The third kappa shape index (κ3) is 7.49. The third-order valence-corrected chi connectivity index (χ3v) is 6.27. The molecule has 0 saturated carbocycles. The molecular formula is C29H36FN3O4. The summed E-state index contributed by atoms with van der Waals surface area (Å²) in [6.07, 6.45) is 3.83. The second kappa shape index (κ2) is 13.5. The molecule has 0 radical (unpaired) electrons. The van der Waals surface area contributed by atoms with E-state index in [1.165, 1.54) is 12.1 Å². The van der Waals surface area contributed by atoms with E-state index >= 15 is 0 Å². The number of hydrogen-bond acceptors (Lipinski definition) is 6. The van der Waals surface area contributed by atoms with Crippen molar-refractivity contribution in [2.45, 2.75) is 44.9 Å². The molecular weight excluding hydrogens is 473 g/mol. The van der Waals surface area contributed by atoms with Crippen molar-refractivity contribution >= 4 is 0 Å². The van der Waals surface area contributed by atoms with Crippen LogP contribution in [-0.2, 0) is 22.4 Å². The van der Waals surface area contributed by atoms with Crippen LogP contribution in [0.5, 0.6) is 11.6 Å². The maximum atomic E-state index is 13.6. The summed E-state index contributed by atoms with van der Waals surface area (Å²) in [7, 11) is 0. The summed E-state index contributed by atoms with van der Waals surface area (Å²) in [6.45, 7) is 8.68. The monoisotopic (exact) mass is 509 g/mol. The van der Waals surface area contributed by atoms with Crippen LogP contribution in [0.2, 0.25) is 0 Å². The smallest absolute Gasteiger partial charge is 0.227 e. The van der Waals surface area contributed by atoms with Crippen molar-refractivity contribution < 1.29 is 23.7 Å². The Morgan fingerprint density at radius 3 is 2.70 bits per heavy atom. The second-order valence-electron chi connectivity index (χ2n) is 9.20. The molecule has 1 N–H and O–H groups in total. The molecule has 1 aliphatic rings. The Morgan fingerprint density at radius 2 is 2.03 bits per heavy atom. The zero-order valence-corrected chi connectivity index (χ0v) is 21.4. The maximum absolute atomic E-state index is 13.6. The average molecular weight is 510 g/mol. The minimum Gasteiger partial charge on any atom is -0.439 e. The summed E-state index contributed by atoms with van der Waals surface area (Å²) < 4.78 is 33.1. The van der Waals surface area contributed by atoms with Crippen LogP contribution < -0.4 is 4.74 Å². The van der Waals surface area contributed by atoms with Gasteiger partial charge in [0.2, 0.25) is 5.88 Å². The molecule has 1 fully saturated rings. The first kappa shape index (κ1) is 27.0. The lowest BCUT2D eigenvalue weighted by Gasteiger charge is -2.27. The third-order valence-electron chi connectivity index (χ3n) is 6.27. The summed E-state index contributed by atoms with van der Waals surface area (Å²) in [5.74, 6) is 0.768. The van der Waals surface area contributed by atoms with Gasteiger partial charge in [-0.25, -0.2) is 9.07 Å². The molecule has 3 aromatic rings. The summed E-state index contributed by atoms with van der Waals surface area (Å²) in [5, 5.41) is 15.6. The van der Waals surface area contributed by atoms with Crippen molar-refractivity contribution in [3.05, 3.63) is 84.3 Å². The van der Waals surface area contributed by atoms with Gasteiger partial charge in [-0.05, 0) is 55.7 Å². The molecule has 0 amide bonds. The molecule has 37 heavy (non-hydrogen) atoms. The Balaban J connectivity index is 1.67. The first-order valence-electron chi connectivity index (χ1n) is 12.9. The van der Waals surface area contributed by atoms with Gasteiger partial charge in [-0.15, -0.1) is 6.58 Å². The Kier molecular flexibility index (Phi) is 9.85. The van der Waals surface area contributed by atoms with E-state index in [1.54, 1.807) is 22.9 Å². The normalized spacial score (nSPS) is 16.3. The molecule has 0 aliphatic carbocycles. The SMILES string of the molecule is C=CCOC[C@H](O)CN(Cc1c(CC)nn(-c2ccccc2)c1Oc1ccc(F)cc1)C[C@@H]1CCCO1. The van der Waals surface area contributed by atoms with E-state index in [1.807, 2.05) is 30.3 Å². The number of para-hydroxylation sites is 1. The van der Waals surface area contributed by atoms with E-state index in [9.17, 15) is 9.50 Å². The zero-order chi connectivity index (χ0) is 26.0. The Hall–Kier alpha value is -3.04. The highest BCUT2D eigenvalue weighted by Crippen LogP contribution is 2.32. The highest BCUT2D eigenvalue weighted by molar-refractivity contribution is 5.43. The van der Waals surface area contributed by atoms with Crippen LogP contribution in [0.25, 0.3) is 5.69 Å².